The molecular weight excluding hydrogens is 174 g/mol. The second kappa shape index (κ2) is 5.00. The highest BCUT2D eigenvalue weighted by Gasteiger charge is 1.97. The summed E-state index contributed by atoms with van der Waals surface area (Å²) in [5, 5.41) is 8.28. The molecule has 0 bridgehead atoms. The first kappa shape index (κ1) is 11.2. The van der Waals surface area contributed by atoms with Crippen molar-refractivity contribution in [3.8, 4) is 5.75 Å². The molecule has 1 aromatic carbocycles. The van der Waals surface area contributed by atoms with E-state index in [0.29, 0.717) is 11.4 Å². The molecule has 5 N–H and O–H groups in total. The summed E-state index contributed by atoms with van der Waals surface area (Å²) >= 11 is 0. The molecule has 0 radical (unpaired) electrons. The lowest BCUT2D eigenvalue weighted by Gasteiger charge is -2.01. The molecule has 0 aliphatic heterocycles. The highest BCUT2D eigenvalue weighted by atomic mass is 16.5. The number of nitrogens with two attached hydrogens (primary N) is 1. The summed E-state index contributed by atoms with van der Waals surface area (Å²) in [5.74, 6) is -0.488. The molecule has 5 nitrogen and oxygen atoms in total. The maximum atomic E-state index is 10.1. The predicted octanol–water partition coefficient (Wildman–Crippen LogP) is -0.0925. The van der Waals surface area contributed by atoms with Crippen LogP contribution in [0, 0.1) is 0 Å². The lowest BCUT2D eigenvalue weighted by atomic mass is 10.3. The zero-order chi connectivity index (χ0) is 8.97. The normalized spacial score (nSPS) is 8.62. The molecule has 5 heteroatoms. The quantitative estimate of drug-likeness (QED) is 0.642. The fraction of sp³-hybridized carbons (Fsp3) is 0.125. The standard InChI is InChI=1S/C8H9NO3.H2O/c9-6-1-3-7(4-2-6)12-5-8(10)11;/h1-4H,5,9H2,(H,10,11);1H2. The molecule has 13 heavy (non-hydrogen) atoms. The molecule has 1 aromatic rings. The second-order valence-electron chi connectivity index (χ2n) is 2.25. The number of nitrogen functional groups attached to an aromatic ring is 1. The Morgan fingerprint density at radius 2 is 1.92 bits per heavy atom. The average molecular weight is 185 g/mol. The summed E-state index contributed by atoms with van der Waals surface area (Å²) in [6, 6.07) is 6.55. The van der Waals surface area contributed by atoms with Gasteiger partial charge in [0.2, 0.25) is 0 Å². The van der Waals surface area contributed by atoms with Crippen LogP contribution in [0.1, 0.15) is 0 Å². The third kappa shape index (κ3) is 3.97. The van der Waals surface area contributed by atoms with Crippen LogP contribution in [0.3, 0.4) is 0 Å². The smallest absolute Gasteiger partial charge is 0.341 e. The third-order valence-electron chi connectivity index (χ3n) is 1.24. The number of carboxylic acids is 1. The van der Waals surface area contributed by atoms with Crippen LogP contribution in [0.2, 0.25) is 0 Å². The lowest BCUT2D eigenvalue weighted by Crippen LogP contribution is -2.09. The summed E-state index contributed by atoms with van der Waals surface area (Å²) < 4.78 is 4.87. The van der Waals surface area contributed by atoms with Crippen molar-refractivity contribution in [2.24, 2.45) is 0 Å². The zero-order valence-electron chi connectivity index (χ0n) is 6.86. The van der Waals surface area contributed by atoms with Gasteiger partial charge in [0.15, 0.2) is 6.61 Å². The highest BCUT2D eigenvalue weighted by Crippen LogP contribution is 2.12. The molecule has 0 amide bonds. The van der Waals surface area contributed by atoms with Crippen molar-refractivity contribution in [3.05, 3.63) is 24.3 Å². The van der Waals surface area contributed by atoms with E-state index in [0.717, 1.165) is 0 Å². The van der Waals surface area contributed by atoms with Gasteiger partial charge in [0, 0.05) is 5.69 Å². The third-order valence-corrected chi connectivity index (χ3v) is 1.24. The van der Waals surface area contributed by atoms with Crippen LogP contribution in [-0.4, -0.2) is 23.2 Å². The van der Waals surface area contributed by atoms with Crippen molar-refractivity contribution in [1.29, 1.82) is 0 Å². The molecule has 0 atom stereocenters. The average Bonchev–Trinajstić information content (AvgIpc) is 2.03. The molecular formula is C8H11NO4. The molecule has 0 heterocycles. The lowest BCUT2D eigenvalue weighted by molar-refractivity contribution is -0.139. The van der Waals surface area contributed by atoms with Crippen LogP contribution in [0.4, 0.5) is 5.69 Å². The van der Waals surface area contributed by atoms with E-state index in [2.05, 4.69) is 0 Å². The van der Waals surface area contributed by atoms with Crippen molar-refractivity contribution in [2.45, 2.75) is 0 Å². The first-order chi connectivity index (χ1) is 5.68. The number of rotatable bonds is 3. The molecule has 0 saturated carbocycles. The molecule has 0 fully saturated rings. The van der Waals surface area contributed by atoms with Crippen LogP contribution in [0.15, 0.2) is 24.3 Å². The van der Waals surface area contributed by atoms with Gasteiger partial charge >= 0.3 is 5.97 Å². The molecule has 0 aliphatic carbocycles. The maximum Gasteiger partial charge on any atom is 0.341 e. The predicted molar refractivity (Wildman–Crippen MR) is 47.6 cm³/mol. The SMILES string of the molecule is Nc1ccc(OCC(=O)O)cc1.O. The number of hydrogen-bond acceptors (Lipinski definition) is 3. The van der Waals surface area contributed by atoms with Crippen molar-refractivity contribution >= 4 is 11.7 Å². The van der Waals surface area contributed by atoms with Gasteiger partial charge in [-0.25, -0.2) is 4.79 Å². The first-order valence-corrected chi connectivity index (χ1v) is 3.38. The van der Waals surface area contributed by atoms with E-state index in [9.17, 15) is 4.79 Å². The van der Waals surface area contributed by atoms with Crippen LogP contribution < -0.4 is 10.5 Å². The maximum absolute atomic E-state index is 10.1. The Labute approximate surface area is 75.1 Å². The van der Waals surface area contributed by atoms with Crippen LogP contribution in [0.25, 0.3) is 0 Å². The number of benzene rings is 1. The Kier molecular flexibility index (Phi) is 4.32. The van der Waals surface area contributed by atoms with Gasteiger partial charge in [-0.05, 0) is 24.3 Å². The van der Waals surface area contributed by atoms with Gasteiger partial charge in [-0.2, -0.15) is 0 Å². The summed E-state index contributed by atoms with van der Waals surface area (Å²) in [6.07, 6.45) is 0. The fourth-order valence-electron chi connectivity index (χ4n) is 0.709. The summed E-state index contributed by atoms with van der Waals surface area (Å²) in [6.45, 7) is -0.329. The van der Waals surface area contributed by atoms with Gasteiger partial charge in [-0.3, -0.25) is 0 Å². The van der Waals surface area contributed by atoms with E-state index in [1.165, 1.54) is 0 Å². The first-order valence-electron chi connectivity index (χ1n) is 3.38. The fourth-order valence-corrected chi connectivity index (χ4v) is 0.709. The van der Waals surface area contributed by atoms with Crippen LogP contribution in [0.5, 0.6) is 5.75 Å². The number of hydrogen-bond donors (Lipinski definition) is 2. The van der Waals surface area contributed by atoms with E-state index in [4.69, 9.17) is 15.6 Å². The Morgan fingerprint density at radius 3 is 2.38 bits per heavy atom. The molecule has 1 rings (SSSR count). The van der Waals surface area contributed by atoms with E-state index < -0.39 is 5.97 Å². The van der Waals surface area contributed by atoms with Gasteiger partial charge in [-0.15, -0.1) is 0 Å². The molecule has 0 saturated heterocycles. The summed E-state index contributed by atoms with van der Waals surface area (Å²) in [5.41, 5.74) is 6.03. The van der Waals surface area contributed by atoms with Gasteiger partial charge in [0.1, 0.15) is 5.75 Å². The minimum Gasteiger partial charge on any atom is -0.482 e. The number of aliphatic carboxylic acids is 1. The minimum absolute atomic E-state index is 0. The Morgan fingerprint density at radius 1 is 1.38 bits per heavy atom. The van der Waals surface area contributed by atoms with Gasteiger partial charge in [0.25, 0.3) is 0 Å². The van der Waals surface area contributed by atoms with E-state index in [-0.39, 0.29) is 12.1 Å². The minimum atomic E-state index is -0.994. The number of carboxylic acid groups (broad SMARTS) is 1. The second-order valence-corrected chi connectivity index (χ2v) is 2.25. The Hall–Kier alpha value is -1.75. The monoisotopic (exact) mass is 185 g/mol. The van der Waals surface area contributed by atoms with Gasteiger partial charge < -0.3 is 21.1 Å². The molecule has 72 valence electrons. The van der Waals surface area contributed by atoms with Crippen LogP contribution >= 0.6 is 0 Å². The van der Waals surface area contributed by atoms with E-state index in [1.54, 1.807) is 24.3 Å². The number of carbonyl (C=O) groups is 1. The Bertz CT molecular complexity index is 270. The van der Waals surface area contributed by atoms with Crippen molar-refractivity contribution in [3.63, 3.8) is 0 Å². The highest BCUT2D eigenvalue weighted by molar-refractivity contribution is 5.68. The van der Waals surface area contributed by atoms with Crippen LogP contribution in [-0.2, 0) is 4.79 Å². The van der Waals surface area contributed by atoms with Crippen molar-refractivity contribution in [2.75, 3.05) is 12.3 Å². The Balaban J connectivity index is 0.00000144. The largest absolute Gasteiger partial charge is 0.482 e. The van der Waals surface area contributed by atoms with Crippen molar-refractivity contribution in [1.82, 2.24) is 0 Å². The van der Waals surface area contributed by atoms with Crippen molar-refractivity contribution < 1.29 is 20.1 Å². The molecule has 0 aromatic heterocycles. The number of anilines is 1. The van der Waals surface area contributed by atoms with Gasteiger partial charge in [0.05, 0.1) is 0 Å². The molecule has 0 aliphatic rings. The number of ether oxygens (including phenoxy) is 1. The van der Waals surface area contributed by atoms with E-state index >= 15 is 0 Å². The zero-order valence-corrected chi connectivity index (χ0v) is 6.86. The molecule has 0 unspecified atom stereocenters. The topological polar surface area (TPSA) is 104 Å². The van der Waals surface area contributed by atoms with E-state index in [1.807, 2.05) is 0 Å². The molecule has 0 spiro atoms. The van der Waals surface area contributed by atoms with Gasteiger partial charge in [-0.1, -0.05) is 0 Å². The summed E-state index contributed by atoms with van der Waals surface area (Å²) in [7, 11) is 0. The summed E-state index contributed by atoms with van der Waals surface area (Å²) in [4.78, 5) is 10.1.